The van der Waals surface area contributed by atoms with Gasteiger partial charge in [-0.15, -0.1) is 0 Å². The molecular formula is C24H23F5N6O3. The van der Waals surface area contributed by atoms with Gasteiger partial charge in [-0.05, 0) is 31.0 Å². The molecule has 5 rings (SSSR count). The highest BCUT2D eigenvalue weighted by Crippen LogP contribution is 2.40. The third-order valence-corrected chi connectivity index (χ3v) is 7.01. The van der Waals surface area contributed by atoms with Crippen LogP contribution in [0.3, 0.4) is 0 Å². The number of nitrogens with zero attached hydrogens (tertiary/aromatic N) is 4. The number of nitrogen functional groups attached to an aromatic ring is 1. The predicted octanol–water partition coefficient (Wildman–Crippen LogP) is 3.22. The molecule has 1 saturated heterocycles. The standard InChI is InChI=1S/C24H23F5N6O3/c1-38-20-13(22(36)33-17-9-34(8-16(17)26)23(37)11-3-2-4-11)5-12(6-15(20)25)18-7-14(24(27,28)29)19-21(30)31-10-32-35(18)19/h5-7,10-11,16-17H,2-4,8-9H2,1H3,(H,33,36)(H2,30,31,32)/t16-,17+/m0/s1. The number of anilines is 1. The average molecular weight is 538 g/mol. The molecule has 3 N–H and O–H groups in total. The third-order valence-electron chi connectivity index (χ3n) is 7.01. The number of rotatable bonds is 5. The SMILES string of the molecule is COc1c(F)cc(-c2cc(C(F)(F)F)c3c(N)ncnn23)cc1C(=O)N[C@@H]1CN(C(=O)C2CCC2)C[C@@H]1F. The van der Waals surface area contributed by atoms with Crippen LogP contribution in [0.5, 0.6) is 5.75 Å². The van der Waals surface area contributed by atoms with Gasteiger partial charge in [0.15, 0.2) is 17.4 Å². The fourth-order valence-electron chi connectivity index (χ4n) is 4.85. The van der Waals surface area contributed by atoms with Crippen LogP contribution in [-0.4, -0.2) is 63.7 Å². The molecule has 0 unspecified atom stereocenters. The number of hydrogen-bond acceptors (Lipinski definition) is 6. The van der Waals surface area contributed by atoms with Crippen molar-refractivity contribution in [3.05, 3.63) is 41.5 Å². The Morgan fingerprint density at radius 3 is 2.55 bits per heavy atom. The van der Waals surface area contributed by atoms with Crippen molar-refractivity contribution in [3.8, 4) is 17.0 Å². The maximum atomic E-state index is 15.0. The third kappa shape index (κ3) is 4.37. The van der Waals surface area contributed by atoms with Gasteiger partial charge in [0.1, 0.15) is 18.0 Å². The zero-order valence-electron chi connectivity index (χ0n) is 20.1. The number of alkyl halides is 4. The fraction of sp³-hybridized carbons (Fsp3) is 0.417. The number of methoxy groups -OCH3 is 1. The number of nitrogens with two attached hydrogens (primary N) is 1. The molecule has 0 radical (unpaired) electrons. The molecule has 202 valence electrons. The van der Waals surface area contributed by atoms with Crippen molar-refractivity contribution in [1.29, 1.82) is 0 Å². The van der Waals surface area contributed by atoms with E-state index in [0.29, 0.717) is 0 Å². The number of aromatic nitrogens is 3. The van der Waals surface area contributed by atoms with E-state index in [0.717, 1.165) is 55.4 Å². The van der Waals surface area contributed by atoms with Gasteiger partial charge in [0.2, 0.25) is 5.91 Å². The van der Waals surface area contributed by atoms with Crippen molar-refractivity contribution < 1.29 is 36.3 Å². The first-order valence-electron chi connectivity index (χ1n) is 11.8. The molecule has 2 aromatic heterocycles. The van der Waals surface area contributed by atoms with Gasteiger partial charge in [-0.3, -0.25) is 9.59 Å². The fourth-order valence-corrected chi connectivity index (χ4v) is 4.85. The highest BCUT2D eigenvalue weighted by Gasteiger charge is 2.40. The highest BCUT2D eigenvalue weighted by molar-refractivity contribution is 5.99. The number of nitrogens with one attached hydrogen (secondary N) is 1. The Hall–Kier alpha value is -3.97. The zero-order valence-corrected chi connectivity index (χ0v) is 20.1. The lowest BCUT2D eigenvalue weighted by Crippen LogP contribution is -2.43. The predicted molar refractivity (Wildman–Crippen MR) is 124 cm³/mol. The molecule has 1 saturated carbocycles. The molecule has 1 aliphatic carbocycles. The van der Waals surface area contributed by atoms with Crippen LogP contribution in [0.1, 0.15) is 35.2 Å². The van der Waals surface area contributed by atoms with Crippen LogP contribution in [0, 0.1) is 11.7 Å². The zero-order chi connectivity index (χ0) is 27.4. The summed E-state index contributed by atoms with van der Waals surface area (Å²) in [7, 11) is 1.11. The van der Waals surface area contributed by atoms with Gasteiger partial charge in [0, 0.05) is 18.0 Å². The van der Waals surface area contributed by atoms with E-state index >= 15 is 4.39 Å². The van der Waals surface area contributed by atoms with E-state index in [1.54, 1.807) is 0 Å². The lowest BCUT2D eigenvalue weighted by Gasteiger charge is -2.28. The largest absolute Gasteiger partial charge is 0.493 e. The second kappa shape index (κ2) is 9.40. The summed E-state index contributed by atoms with van der Waals surface area (Å²) < 4.78 is 76.8. The Morgan fingerprint density at radius 2 is 1.92 bits per heavy atom. The smallest absolute Gasteiger partial charge is 0.418 e. The minimum absolute atomic E-state index is 0.0544. The molecule has 2 amide bonds. The Balaban J connectivity index is 1.49. The van der Waals surface area contributed by atoms with Gasteiger partial charge in [0.05, 0.1) is 36.5 Å². The molecule has 2 atom stereocenters. The van der Waals surface area contributed by atoms with Gasteiger partial charge < -0.3 is 20.7 Å². The van der Waals surface area contributed by atoms with Crippen LogP contribution in [0.25, 0.3) is 16.8 Å². The molecule has 2 aliphatic rings. The Labute approximate surface area is 212 Å². The number of fused-ring (bicyclic) bond motifs is 1. The van der Waals surface area contributed by atoms with E-state index in [2.05, 4.69) is 15.4 Å². The van der Waals surface area contributed by atoms with E-state index < -0.39 is 52.8 Å². The van der Waals surface area contributed by atoms with Gasteiger partial charge in [-0.2, -0.15) is 18.3 Å². The second-order valence-corrected chi connectivity index (χ2v) is 9.35. The van der Waals surface area contributed by atoms with Crippen LogP contribution in [-0.2, 0) is 11.0 Å². The van der Waals surface area contributed by atoms with Crippen molar-refractivity contribution in [2.75, 3.05) is 25.9 Å². The normalized spacial score (nSPS) is 20.0. The number of halogens is 5. The molecule has 38 heavy (non-hydrogen) atoms. The van der Waals surface area contributed by atoms with Crippen molar-refractivity contribution >= 4 is 23.1 Å². The number of benzene rings is 1. The molecule has 1 aliphatic heterocycles. The Morgan fingerprint density at radius 1 is 1.18 bits per heavy atom. The van der Waals surface area contributed by atoms with E-state index in [1.165, 1.54) is 4.90 Å². The van der Waals surface area contributed by atoms with Crippen molar-refractivity contribution in [1.82, 2.24) is 24.8 Å². The molecule has 3 heterocycles. The number of amides is 2. The molecule has 2 fully saturated rings. The molecule has 0 bridgehead atoms. The molecule has 14 heteroatoms. The van der Waals surface area contributed by atoms with Gasteiger partial charge in [-0.25, -0.2) is 18.3 Å². The summed E-state index contributed by atoms with van der Waals surface area (Å²) in [6.07, 6.45) is -3.01. The van der Waals surface area contributed by atoms with Crippen molar-refractivity contribution in [3.63, 3.8) is 0 Å². The lowest BCUT2D eigenvalue weighted by atomic mass is 9.84. The average Bonchev–Trinajstić information content (AvgIpc) is 3.39. The summed E-state index contributed by atoms with van der Waals surface area (Å²) in [5.74, 6) is -3.18. The van der Waals surface area contributed by atoms with Crippen LogP contribution in [0.15, 0.2) is 24.5 Å². The van der Waals surface area contributed by atoms with Crippen molar-refractivity contribution in [2.24, 2.45) is 5.92 Å². The molecule has 1 aromatic carbocycles. The molecule has 9 nitrogen and oxygen atoms in total. The molecular weight excluding hydrogens is 515 g/mol. The van der Waals surface area contributed by atoms with E-state index in [9.17, 15) is 27.2 Å². The first-order valence-corrected chi connectivity index (χ1v) is 11.8. The lowest BCUT2D eigenvalue weighted by molar-refractivity contribution is -0.137. The first-order chi connectivity index (χ1) is 18.0. The summed E-state index contributed by atoms with van der Waals surface area (Å²) in [5, 5.41) is 6.30. The number of carbonyl (C=O) groups is 2. The minimum atomic E-state index is -4.82. The summed E-state index contributed by atoms with van der Waals surface area (Å²) >= 11 is 0. The minimum Gasteiger partial charge on any atom is -0.493 e. The van der Waals surface area contributed by atoms with Gasteiger partial charge >= 0.3 is 6.18 Å². The summed E-state index contributed by atoms with van der Waals surface area (Å²) in [5.41, 5.74) is 3.28. The van der Waals surface area contributed by atoms with Gasteiger partial charge in [-0.1, -0.05) is 6.42 Å². The quantitative estimate of drug-likeness (QED) is 0.483. The molecule has 0 spiro atoms. The number of carbonyl (C=O) groups excluding carboxylic acids is 2. The Bertz CT molecular complexity index is 1420. The van der Waals surface area contributed by atoms with Crippen LogP contribution in [0.2, 0.25) is 0 Å². The monoisotopic (exact) mass is 538 g/mol. The maximum absolute atomic E-state index is 15.0. The van der Waals surface area contributed by atoms with Crippen molar-refractivity contribution in [2.45, 2.75) is 37.7 Å². The number of hydrogen-bond donors (Lipinski definition) is 2. The van der Waals surface area contributed by atoms with Gasteiger partial charge in [0.25, 0.3) is 5.91 Å². The van der Waals surface area contributed by atoms with E-state index in [4.69, 9.17) is 10.5 Å². The van der Waals surface area contributed by atoms with Crippen LogP contribution >= 0.6 is 0 Å². The summed E-state index contributed by atoms with van der Waals surface area (Å²) in [4.78, 5) is 30.6. The summed E-state index contributed by atoms with van der Waals surface area (Å²) in [6.45, 7) is -0.232. The maximum Gasteiger partial charge on any atom is 0.418 e. The van der Waals surface area contributed by atoms with E-state index in [-0.39, 0.29) is 41.7 Å². The first kappa shape index (κ1) is 25.7. The Kier molecular flexibility index (Phi) is 6.35. The topological polar surface area (TPSA) is 115 Å². The number of likely N-dealkylation sites (tertiary alicyclic amines) is 1. The number of ether oxygens (including phenoxy) is 1. The van der Waals surface area contributed by atoms with Crippen LogP contribution in [0.4, 0.5) is 27.8 Å². The molecule has 3 aromatic rings. The summed E-state index contributed by atoms with van der Waals surface area (Å²) in [6, 6.07) is 1.68. The van der Waals surface area contributed by atoms with E-state index in [1.807, 2.05) is 0 Å². The second-order valence-electron chi connectivity index (χ2n) is 9.35. The highest BCUT2D eigenvalue weighted by atomic mass is 19.4. The van der Waals surface area contributed by atoms with Crippen LogP contribution < -0.4 is 15.8 Å².